The first-order valence-corrected chi connectivity index (χ1v) is 6.22. The molecule has 0 saturated carbocycles. The van der Waals surface area contributed by atoms with Crippen LogP contribution in [0.25, 0.3) is 10.2 Å². The third-order valence-corrected chi connectivity index (χ3v) is 3.35. The Labute approximate surface area is 111 Å². The standard InChI is InChI=1S/C12H7N3O3S/c16-15(17)8-2-1-3-9(6-8)18-12-11-10(4-5-19-11)13-7-14-12/h1-7H. The molecule has 0 fully saturated rings. The maximum absolute atomic E-state index is 10.7. The van der Waals surface area contributed by atoms with E-state index in [1.54, 1.807) is 12.1 Å². The number of hydrogen-bond acceptors (Lipinski definition) is 6. The molecule has 2 heterocycles. The van der Waals surface area contributed by atoms with Gasteiger partial charge in [-0.25, -0.2) is 9.97 Å². The van der Waals surface area contributed by atoms with Crippen LogP contribution in [0.4, 0.5) is 5.69 Å². The smallest absolute Gasteiger partial charge is 0.273 e. The highest BCUT2D eigenvalue weighted by molar-refractivity contribution is 7.17. The third-order valence-electron chi connectivity index (χ3n) is 2.45. The van der Waals surface area contributed by atoms with Gasteiger partial charge in [-0.1, -0.05) is 6.07 Å². The van der Waals surface area contributed by atoms with E-state index in [9.17, 15) is 10.1 Å². The average molecular weight is 273 g/mol. The highest BCUT2D eigenvalue weighted by Gasteiger charge is 2.10. The molecule has 1 aromatic carbocycles. The minimum absolute atomic E-state index is 0.0195. The number of nitrogens with zero attached hydrogens (tertiary/aromatic N) is 3. The number of nitro groups is 1. The van der Waals surface area contributed by atoms with Gasteiger partial charge in [-0.15, -0.1) is 11.3 Å². The quantitative estimate of drug-likeness (QED) is 0.540. The van der Waals surface area contributed by atoms with Gasteiger partial charge in [-0.05, 0) is 17.5 Å². The van der Waals surface area contributed by atoms with Crippen molar-refractivity contribution in [1.29, 1.82) is 0 Å². The van der Waals surface area contributed by atoms with Gasteiger partial charge in [0.25, 0.3) is 5.69 Å². The minimum atomic E-state index is -0.465. The molecule has 0 atom stereocenters. The number of fused-ring (bicyclic) bond motifs is 1. The summed E-state index contributed by atoms with van der Waals surface area (Å²) in [6.07, 6.45) is 1.40. The van der Waals surface area contributed by atoms with Crippen molar-refractivity contribution in [3.05, 3.63) is 52.2 Å². The Balaban J connectivity index is 1.99. The van der Waals surface area contributed by atoms with E-state index in [2.05, 4.69) is 9.97 Å². The Hall–Kier alpha value is -2.54. The molecule has 2 aromatic heterocycles. The number of benzene rings is 1. The van der Waals surface area contributed by atoms with Crippen molar-refractivity contribution in [1.82, 2.24) is 9.97 Å². The second-order valence-electron chi connectivity index (χ2n) is 3.67. The number of non-ortho nitro benzene ring substituents is 1. The molecular weight excluding hydrogens is 266 g/mol. The van der Waals surface area contributed by atoms with Crippen LogP contribution in [-0.2, 0) is 0 Å². The first kappa shape index (κ1) is 11.5. The molecule has 7 heteroatoms. The maximum atomic E-state index is 10.7. The largest absolute Gasteiger partial charge is 0.437 e. The Morgan fingerprint density at radius 1 is 1.26 bits per heavy atom. The van der Waals surface area contributed by atoms with Crippen LogP contribution in [-0.4, -0.2) is 14.9 Å². The number of nitro benzene ring substituents is 1. The summed E-state index contributed by atoms with van der Waals surface area (Å²) in [6.45, 7) is 0. The lowest BCUT2D eigenvalue weighted by molar-refractivity contribution is -0.384. The minimum Gasteiger partial charge on any atom is -0.437 e. The van der Waals surface area contributed by atoms with Gasteiger partial charge in [0, 0.05) is 6.07 Å². The van der Waals surface area contributed by atoms with Crippen molar-refractivity contribution in [2.75, 3.05) is 0 Å². The second-order valence-corrected chi connectivity index (χ2v) is 4.59. The predicted molar refractivity (Wildman–Crippen MR) is 70.6 cm³/mol. The van der Waals surface area contributed by atoms with Gasteiger partial charge in [-0.3, -0.25) is 10.1 Å². The summed E-state index contributed by atoms with van der Waals surface area (Å²) in [4.78, 5) is 18.4. The highest BCUT2D eigenvalue weighted by atomic mass is 32.1. The summed E-state index contributed by atoms with van der Waals surface area (Å²) in [5.41, 5.74) is 0.773. The molecule has 0 aliphatic heterocycles. The molecule has 0 bridgehead atoms. The molecule has 3 rings (SSSR count). The van der Waals surface area contributed by atoms with Crippen LogP contribution in [0.15, 0.2) is 42.0 Å². The number of ether oxygens (including phenoxy) is 1. The summed E-state index contributed by atoms with van der Waals surface area (Å²) in [5.74, 6) is 0.781. The van der Waals surface area contributed by atoms with Crippen LogP contribution in [0.1, 0.15) is 0 Å². The number of hydrogen-bond donors (Lipinski definition) is 0. The molecule has 0 amide bonds. The van der Waals surface area contributed by atoms with Crippen molar-refractivity contribution in [3.8, 4) is 11.6 Å². The lowest BCUT2D eigenvalue weighted by Crippen LogP contribution is -1.91. The van der Waals surface area contributed by atoms with Crippen molar-refractivity contribution >= 4 is 27.2 Å². The molecule has 94 valence electrons. The van der Waals surface area contributed by atoms with E-state index >= 15 is 0 Å². The summed E-state index contributed by atoms with van der Waals surface area (Å²) in [7, 11) is 0. The Morgan fingerprint density at radius 3 is 3.00 bits per heavy atom. The van der Waals surface area contributed by atoms with Gasteiger partial charge in [0.05, 0.1) is 16.5 Å². The molecule has 0 aliphatic carbocycles. The van der Waals surface area contributed by atoms with Crippen LogP contribution in [0.5, 0.6) is 11.6 Å². The molecule has 0 saturated heterocycles. The third kappa shape index (κ3) is 2.23. The van der Waals surface area contributed by atoms with Gasteiger partial charge in [0.1, 0.15) is 16.8 Å². The van der Waals surface area contributed by atoms with Crippen molar-refractivity contribution in [2.45, 2.75) is 0 Å². The molecule has 3 aromatic rings. The zero-order valence-corrected chi connectivity index (χ0v) is 10.3. The van der Waals surface area contributed by atoms with E-state index in [-0.39, 0.29) is 5.69 Å². The Bertz CT molecular complexity index is 757. The zero-order chi connectivity index (χ0) is 13.2. The van der Waals surface area contributed by atoms with E-state index in [1.165, 1.54) is 29.8 Å². The first-order valence-electron chi connectivity index (χ1n) is 5.34. The van der Waals surface area contributed by atoms with Gasteiger partial charge in [0.15, 0.2) is 0 Å². The van der Waals surface area contributed by atoms with Crippen LogP contribution >= 0.6 is 11.3 Å². The fraction of sp³-hybridized carbons (Fsp3) is 0. The lowest BCUT2D eigenvalue weighted by atomic mass is 10.3. The molecule has 0 unspecified atom stereocenters. The molecule has 6 nitrogen and oxygen atoms in total. The predicted octanol–water partition coefficient (Wildman–Crippen LogP) is 3.39. The Morgan fingerprint density at radius 2 is 2.16 bits per heavy atom. The van der Waals surface area contributed by atoms with E-state index < -0.39 is 4.92 Å². The Kier molecular flexibility index (Phi) is 2.81. The van der Waals surface area contributed by atoms with Crippen LogP contribution in [0.3, 0.4) is 0 Å². The van der Waals surface area contributed by atoms with E-state index in [4.69, 9.17) is 4.74 Å². The number of aromatic nitrogens is 2. The summed E-state index contributed by atoms with van der Waals surface area (Å²) in [6, 6.07) is 7.85. The van der Waals surface area contributed by atoms with E-state index in [0.29, 0.717) is 11.6 Å². The van der Waals surface area contributed by atoms with Gasteiger partial charge < -0.3 is 4.74 Å². The number of rotatable bonds is 3. The maximum Gasteiger partial charge on any atom is 0.273 e. The van der Waals surface area contributed by atoms with Gasteiger partial charge in [0.2, 0.25) is 5.88 Å². The van der Waals surface area contributed by atoms with Gasteiger partial charge >= 0.3 is 0 Å². The van der Waals surface area contributed by atoms with Crippen LogP contribution in [0, 0.1) is 10.1 Å². The fourth-order valence-corrected chi connectivity index (χ4v) is 2.38. The summed E-state index contributed by atoms with van der Waals surface area (Å²) < 4.78 is 6.41. The van der Waals surface area contributed by atoms with Gasteiger partial charge in [-0.2, -0.15) is 0 Å². The average Bonchev–Trinajstić information content (AvgIpc) is 2.88. The zero-order valence-electron chi connectivity index (χ0n) is 9.52. The van der Waals surface area contributed by atoms with Crippen molar-refractivity contribution in [3.63, 3.8) is 0 Å². The normalized spacial score (nSPS) is 10.5. The summed E-state index contributed by atoms with van der Waals surface area (Å²) >= 11 is 1.46. The van der Waals surface area contributed by atoms with Crippen molar-refractivity contribution < 1.29 is 9.66 Å². The molecule has 0 N–H and O–H groups in total. The molecule has 0 radical (unpaired) electrons. The van der Waals surface area contributed by atoms with Crippen molar-refractivity contribution in [2.24, 2.45) is 0 Å². The highest BCUT2D eigenvalue weighted by Crippen LogP contribution is 2.31. The molecule has 0 aliphatic rings. The van der Waals surface area contributed by atoms with Crippen LogP contribution < -0.4 is 4.74 Å². The molecule has 19 heavy (non-hydrogen) atoms. The number of thiophene rings is 1. The lowest BCUT2D eigenvalue weighted by Gasteiger charge is -2.04. The molecule has 0 spiro atoms. The topological polar surface area (TPSA) is 78.2 Å². The van der Waals surface area contributed by atoms with Crippen LogP contribution in [0.2, 0.25) is 0 Å². The van der Waals surface area contributed by atoms with E-state index in [1.807, 2.05) is 11.4 Å². The summed E-state index contributed by atoms with van der Waals surface area (Å²) in [5, 5.41) is 12.6. The fourth-order valence-electron chi connectivity index (χ4n) is 1.61. The first-order chi connectivity index (χ1) is 9.24. The molecular formula is C12H7N3O3S. The monoisotopic (exact) mass is 273 g/mol. The van der Waals surface area contributed by atoms with E-state index in [0.717, 1.165) is 10.2 Å². The SMILES string of the molecule is O=[N+]([O-])c1cccc(Oc2ncnc3ccsc23)c1. The second kappa shape index (κ2) is 4.62.